The van der Waals surface area contributed by atoms with Gasteiger partial charge < -0.3 is 15.0 Å². The second kappa shape index (κ2) is 9.65. The van der Waals surface area contributed by atoms with E-state index in [9.17, 15) is 14.0 Å². The van der Waals surface area contributed by atoms with Crippen molar-refractivity contribution in [3.8, 4) is 11.1 Å². The Hall–Kier alpha value is -2.73. The SMILES string of the molecule is CC(C)CC(NC(=O)c1cc(-c2ccccc2)ccc1F)C(=O)N1CCOCC1. The number of nitrogens with zero attached hydrogens (tertiary/aromatic N) is 1. The van der Waals surface area contributed by atoms with Crippen LogP contribution < -0.4 is 5.32 Å². The molecule has 0 aromatic heterocycles. The number of carbonyl (C=O) groups excluding carboxylic acids is 2. The van der Waals surface area contributed by atoms with E-state index < -0.39 is 17.8 Å². The van der Waals surface area contributed by atoms with Crippen molar-refractivity contribution in [1.82, 2.24) is 10.2 Å². The molecule has 1 N–H and O–H groups in total. The first-order chi connectivity index (χ1) is 14.0. The molecule has 0 bridgehead atoms. The van der Waals surface area contributed by atoms with E-state index in [1.54, 1.807) is 11.0 Å². The molecule has 1 unspecified atom stereocenters. The molecule has 1 heterocycles. The average molecular weight is 398 g/mol. The van der Waals surface area contributed by atoms with E-state index in [0.717, 1.165) is 11.1 Å². The highest BCUT2D eigenvalue weighted by atomic mass is 19.1. The Morgan fingerprint density at radius 2 is 1.76 bits per heavy atom. The van der Waals surface area contributed by atoms with Gasteiger partial charge in [0.05, 0.1) is 18.8 Å². The van der Waals surface area contributed by atoms with Gasteiger partial charge in [-0.15, -0.1) is 0 Å². The highest BCUT2D eigenvalue weighted by molar-refractivity contribution is 5.98. The van der Waals surface area contributed by atoms with Gasteiger partial charge in [-0.05, 0) is 35.6 Å². The molecule has 29 heavy (non-hydrogen) atoms. The molecule has 0 saturated carbocycles. The molecule has 2 aromatic carbocycles. The summed E-state index contributed by atoms with van der Waals surface area (Å²) in [6.45, 7) is 5.96. The Morgan fingerprint density at radius 3 is 2.41 bits per heavy atom. The van der Waals surface area contributed by atoms with Gasteiger partial charge >= 0.3 is 0 Å². The number of hydrogen-bond acceptors (Lipinski definition) is 3. The van der Waals surface area contributed by atoms with Crippen LogP contribution >= 0.6 is 0 Å². The summed E-state index contributed by atoms with van der Waals surface area (Å²) < 4.78 is 19.7. The summed E-state index contributed by atoms with van der Waals surface area (Å²) in [5, 5.41) is 2.77. The number of ether oxygens (including phenoxy) is 1. The third-order valence-electron chi connectivity index (χ3n) is 4.95. The van der Waals surface area contributed by atoms with Crippen molar-refractivity contribution in [1.29, 1.82) is 0 Å². The molecule has 1 aliphatic rings. The second-order valence-electron chi connectivity index (χ2n) is 7.65. The number of halogens is 1. The van der Waals surface area contributed by atoms with E-state index in [2.05, 4.69) is 5.32 Å². The molecule has 3 rings (SSSR count). The Kier molecular flexibility index (Phi) is 6.99. The number of amides is 2. The van der Waals surface area contributed by atoms with Crippen molar-refractivity contribution in [3.63, 3.8) is 0 Å². The Morgan fingerprint density at radius 1 is 1.07 bits per heavy atom. The van der Waals surface area contributed by atoms with Crippen LogP contribution in [-0.4, -0.2) is 49.1 Å². The van der Waals surface area contributed by atoms with Crippen LogP contribution in [0.4, 0.5) is 4.39 Å². The zero-order valence-electron chi connectivity index (χ0n) is 16.9. The molecule has 0 aliphatic carbocycles. The monoisotopic (exact) mass is 398 g/mol. The summed E-state index contributed by atoms with van der Waals surface area (Å²) in [6, 6.07) is 13.2. The van der Waals surface area contributed by atoms with E-state index in [-0.39, 0.29) is 17.4 Å². The molecule has 0 radical (unpaired) electrons. The summed E-state index contributed by atoms with van der Waals surface area (Å²) in [6.07, 6.45) is 0.488. The average Bonchev–Trinajstić information content (AvgIpc) is 2.74. The fourth-order valence-corrected chi connectivity index (χ4v) is 3.44. The minimum absolute atomic E-state index is 0.0603. The molecule has 2 amide bonds. The normalized spacial score (nSPS) is 15.2. The predicted molar refractivity (Wildman–Crippen MR) is 110 cm³/mol. The molecule has 0 spiro atoms. The molecule has 5 nitrogen and oxygen atoms in total. The van der Waals surface area contributed by atoms with Gasteiger partial charge in [0, 0.05) is 13.1 Å². The van der Waals surface area contributed by atoms with Crippen LogP contribution in [0.3, 0.4) is 0 Å². The first-order valence-corrected chi connectivity index (χ1v) is 9.98. The van der Waals surface area contributed by atoms with Gasteiger partial charge in [-0.25, -0.2) is 4.39 Å². The van der Waals surface area contributed by atoms with E-state index in [1.165, 1.54) is 12.1 Å². The largest absolute Gasteiger partial charge is 0.378 e. The summed E-state index contributed by atoms with van der Waals surface area (Å²) in [5.74, 6) is -1.13. The molecule has 6 heteroatoms. The highest BCUT2D eigenvalue weighted by Crippen LogP contribution is 2.22. The van der Waals surface area contributed by atoms with E-state index in [4.69, 9.17) is 4.74 Å². The van der Waals surface area contributed by atoms with Gasteiger partial charge in [0.1, 0.15) is 11.9 Å². The van der Waals surface area contributed by atoms with Crippen LogP contribution in [-0.2, 0) is 9.53 Å². The Balaban J connectivity index is 1.81. The minimum Gasteiger partial charge on any atom is -0.378 e. The van der Waals surface area contributed by atoms with E-state index >= 15 is 0 Å². The van der Waals surface area contributed by atoms with Crippen molar-refractivity contribution in [2.45, 2.75) is 26.3 Å². The fraction of sp³-hybridized carbons (Fsp3) is 0.391. The fourth-order valence-electron chi connectivity index (χ4n) is 3.44. The summed E-state index contributed by atoms with van der Waals surface area (Å²) in [4.78, 5) is 27.5. The maximum atomic E-state index is 14.4. The van der Waals surface area contributed by atoms with Crippen LogP contribution in [0.25, 0.3) is 11.1 Å². The number of hydrogen-bond donors (Lipinski definition) is 1. The quantitative estimate of drug-likeness (QED) is 0.810. The second-order valence-corrected chi connectivity index (χ2v) is 7.65. The Labute approximate surface area is 170 Å². The third kappa shape index (κ3) is 5.41. The van der Waals surface area contributed by atoms with E-state index in [1.807, 2.05) is 44.2 Å². The molecule has 1 aliphatic heterocycles. The number of rotatable bonds is 6. The molecular weight excluding hydrogens is 371 g/mol. The third-order valence-corrected chi connectivity index (χ3v) is 4.95. The van der Waals surface area contributed by atoms with Crippen molar-refractivity contribution in [2.75, 3.05) is 26.3 Å². The van der Waals surface area contributed by atoms with Gasteiger partial charge in [0.2, 0.25) is 5.91 Å². The number of nitrogens with one attached hydrogen (secondary N) is 1. The summed E-state index contributed by atoms with van der Waals surface area (Å²) in [5.41, 5.74) is 1.58. The predicted octanol–water partition coefficient (Wildman–Crippen LogP) is 3.50. The molecule has 154 valence electrons. The summed E-state index contributed by atoms with van der Waals surface area (Å²) >= 11 is 0. The van der Waals surface area contributed by atoms with Crippen LogP contribution in [0, 0.1) is 11.7 Å². The standard InChI is InChI=1S/C23H27FN2O3/c1-16(2)14-21(23(28)26-10-12-29-13-11-26)25-22(27)19-15-18(8-9-20(19)24)17-6-4-3-5-7-17/h3-9,15-16,21H,10-14H2,1-2H3,(H,25,27). The van der Waals surface area contributed by atoms with Gasteiger partial charge in [-0.2, -0.15) is 0 Å². The summed E-state index contributed by atoms with van der Waals surface area (Å²) in [7, 11) is 0. The van der Waals surface area contributed by atoms with Gasteiger partial charge in [0.15, 0.2) is 0 Å². The van der Waals surface area contributed by atoms with Crippen molar-refractivity contribution >= 4 is 11.8 Å². The molecule has 2 aromatic rings. The van der Waals surface area contributed by atoms with Gasteiger partial charge in [-0.1, -0.05) is 50.2 Å². The zero-order valence-corrected chi connectivity index (χ0v) is 16.9. The van der Waals surface area contributed by atoms with E-state index in [0.29, 0.717) is 32.7 Å². The molecule has 1 fully saturated rings. The van der Waals surface area contributed by atoms with Gasteiger partial charge in [0.25, 0.3) is 5.91 Å². The Bertz CT molecular complexity index is 848. The smallest absolute Gasteiger partial charge is 0.254 e. The number of benzene rings is 2. The first kappa shape index (κ1) is 21.0. The molecule has 1 saturated heterocycles. The van der Waals surface area contributed by atoms with Crippen molar-refractivity contribution < 1.29 is 18.7 Å². The number of morpholine rings is 1. The van der Waals surface area contributed by atoms with Gasteiger partial charge in [-0.3, -0.25) is 9.59 Å². The molecule has 1 atom stereocenters. The van der Waals surface area contributed by atoms with Crippen molar-refractivity contribution in [3.05, 3.63) is 59.9 Å². The van der Waals surface area contributed by atoms with Crippen LogP contribution in [0.2, 0.25) is 0 Å². The zero-order chi connectivity index (χ0) is 20.8. The lowest BCUT2D eigenvalue weighted by molar-refractivity contribution is -0.137. The highest BCUT2D eigenvalue weighted by Gasteiger charge is 2.29. The number of carbonyl (C=O) groups is 2. The van der Waals surface area contributed by atoms with Crippen LogP contribution in [0.15, 0.2) is 48.5 Å². The van der Waals surface area contributed by atoms with Crippen LogP contribution in [0.1, 0.15) is 30.6 Å². The lowest BCUT2D eigenvalue weighted by atomic mass is 10.00. The minimum atomic E-state index is -0.694. The molecular formula is C23H27FN2O3. The lowest BCUT2D eigenvalue weighted by Gasteiger charge is -2.31. The maximum Gasteiger partial charge on any atom is 0.254 e. The van der Waals surface area contributed by atoms with Crippen molar-refractivity contribution in [2.24, 2.45) is 5.92 Å². The van der Waals surface area contributed by atoms with Crippen LogP contribution in [0.5, 0.6) is 0 Å². The first-order valence-electron chi connectivity index (χ1n) is 9.98. The topological polar surface area (TPSA) is 58.6 Å². The lowest BCUT2D eigenvalue weighted by Crippen LogP contribution is -2.52. The maximum absolute atomic E-state index is 14.4.